The fourth-order valence-electron chi connectivity index (χ4n) is 4.55. The van der Waals surface area contributed by atoms with Crippen molar-refractivity contribution in [2.24, 2.45) is 0 Å². The molecule has 1 unspecified atom stereocenters. The lowest BCUT2D eigenvalue weighted by atomic mass is 10.0. The van der Waals surface area contributed by atoms with E-state index in [9.17, 15) is 9.18 Å². The van der Waals surface area contributed by atoms with Crippen LogP contribution in [0.15, 0.2) is 48.5 Å². The molecule has 2 aromatic rings. The number of nitrogens with one attached hydrogen (secondary N) is 2. The van der Waals surface area contributed by atoms with Gasteiger partial charge in [0.1, 0.15) is 5.82 Å². The summed E-state index contributed by atoms with van der Waals surface area (Å²) in [7, 11) is 0. The van der Waals surface area contributed by atoms with E-state index in [1.807, 2.05) is 11.0 Å². The first-order valence-electron chi connectivity index (χ1n) is 11.4. The Bertz CT molecular complexity index is 871. The Labute approximate surface area is 196 Å². The fraction of sp³-hybridized carbons (Fsp3) is 0.480. The maximum atomic E-state index is 13.4. The topological polar surface area (TPSA) is 47.6 Å². The number of carbonyl (C=O) groups is 1. The van der Waals surface area contributed by atoms with Crippen molar-refractivity contribution < 1.29 is 9.18 Å². The van der Waals surface area contributed by atoms with Gasteiger partial charge in [0.25, 0.3) is 0 Å². The lowest BCUT2D eigenvalue weighted by Crippen LogP contribution is -2.48. The minimum atomic E-state index is -0.230. The van der Waals surface area contributed by atoms with Crippen LogP contribution in [0.25, 0.3) is 0 Å². The second kappa shape index (κ2) is 11.6. The first-order chi connectivity index (χ1) is 15.0. The van der Waals surface area contributed by atoms with E-state index in [0.29, 0.717) is 12.5 Å². The molecule has 0 spiro atoms. The number of nitrogens with zero attached hydrogens (tertiary/aromatic N) is 2. The number of carbonyl (C=O) groups excluding carboxylic acids is 1. The normalized spacial score (nSPS) is 19.9. The molecule has 0 saturated carbocycles. The number of piperidine rings is 1. The van der Waals surface area contributed by atoms with Crippen LogP contribution in [-0.4, -0.2) is 60.5 Å². The van der Waals surface area contributed by atoms with Gasteiger partial charge in [0.2, 0.25) is 5.91 Å². The summed E-state index contributed by atoms with van der Waals surface area (Å²) < 4.78 is 13.4. The Kier molecular flexibility index (Phi) is 8.91. The van der Waals surface area contributed by atoms with Gasteiger partial charge in [0.15, 0.2) is 0 Å². The molecule has 32 heavy (non-hydrogen) atoms. The quantitative estimate of drug-likeness (QED) is 0.690. The number of amides is 1. The van der Waals surface area contributed by atoms with Crippen molar-refractivity contribution in [3.05, 3.63) is 65.5 Å². The largest absolute Gasteiger partial charge is 0.382 e. The van der Waals surface area contributed by atoms with Crippen LogP contribution in [0.4, 0.5) is 10.1 Å². The summed E-state index contributed by atoms with van der Waals surface area (Å²) in [4.78, 5) is 17.2. The van der Waals surface area contributed by atoms with E-state index < -0.39 is 0 Å². The lowest BCUT2D eigenvalue weighted by molar-refractivity contribution is -0.131. The van der Waals surface area contributed by atoms with Gasteiger partial charge in [-0.15, -0.1) is 12.4 Å². The van der Waals surface area contributed by atoms with Gasteiger partial charge in [-0.25, -0.2) is 4.39 Å². The molecule has 1 atom stereocenters. The molecule has 2 aliphatic rings. The van der Waals surface area contributed by atoms with Gasteiger partial charge in [-0.2, -0.15) is 0 Å². The van der Waals surface area contributed by atoms with E-state index in [4.69, 9.17) is 0 Å². The van der Waals surface area contributed by atoms with Gasteiger partial charge in [-0.3, -0.25) is 9.69 Å². The summed E-state index contributed by atoms with van der Waals surface area (Å²) in [6, 6.07) is 15.9. The molecule has 1 amide bonds. The number of benzene rings is 2. The predicted molar refractivity (Wildman–Crippen MR) is 130 cm³/mol. The Morgan fingerprint density at radius 3 is 2.50 bits per heavy atom. The Hall–Kier alpha value is -2.15. The van der Waals surface area contributed by atoms with Crippen molar-refractivity contribution in [3.63, 3.8) is 0 Å². The molecule has 2 aliphatic heterocycles. The maximum Gasteiger partial charge on any atom is 0.226 e. The van der Waals surface area contributed by atoms with Crippen LogP contribution in [0.3, 0.4) is 0 Å². The molecule has 2 aromatic carbocycles. The average Bonchev–Trinajstić information content (AvgIpc) is 2.76. The summed E-state index contributed by atoms with van der Waals surface area (Å²) in [5, 5.41) is 6.86. The summed E-state index contributed by atoms with van der Waals surface area (Å²) >= 11 is 0. The van der Waals surface area contributed by atoms with Crippen molar-refractivity contribution in [2.75, 3.05) is 38.0 Å². The van der Waals surface area contributed by atoms with Crippen molar-refractivity contribution >= 4 is 24.0 Å². The number of hydrogen-bond acceptors (Lipinski definition) is 4. The third-order valence-corrected chi connectivity index (χ3v) is 6.28. The first-order valence-corrected chi connectivity index (χ1v) is 11.4. The number of hydrogen-bond donors (Lipinski definition) is 2. The van der Waals surface area contributed by atoms with E-state index in [2.05, 4.69) is 46.7 Å². The highest BCUT2D eigenvalue weighted by Crippen LogP contribution is 2.18. The van der Waals surface area contributed by atoms with Crippen molar-refractivity contribution in [2.45, 2.75) is 44.8 Å². The highest BCUT2D eigenvalue weighted by molar-refractivity contribution is 5.85. The molecule has 0 radical (unpaired) electrons. The Morgan fingerprint density at radius 2 is 1.81 bits per heavy atom. The van der Waals surface area contributed by atoms with Crippen molar-refractivity contribution in [1.82, 2.24) is 15.1 Å². The van der Waals surface area contributed by atoms with Crippen LogP contribution in [-0.2, 0) is 17.8 Å². The summed E-state index contributed by atoms with van der Waals surface area (Å²) in [5.74, 6) is -0.0426. The molecule has 5 nitrogen and oxygen atoms in total. The molecule has 4 rings (SSSR count). The zero-order valence-corrected chi connectivity index (χ0v) is 19.5. The van der Waals surface area contributed by atoms with Crippen molar-refractivity contribution in [3.8, 4) is 0 Å². The van der Waals surface area contributed by atoms with Crippen LogP contribution < -0.4 is 10.6 Å². The third-order valence-electron chi connectivity index (χ3n) is 6.28. The number of piperazine rings is 1. The zero-order valence-electron chi connectivity index (χ0n) is 18.7. The molecule has 2 saturated heterocycles. The number of likely N-dealkylation sites (tertiary alicyclic amines) is 1. The minimum Gasteiger partial charge on any atom is -0.382 e. The second-order valence-corrected chi connectivity index (χ2v) is 8.89. The van der Waals surface area contributed by atoms with Crippen LogP contribution in [0.5, 0.6) is 0 Å². The molecule has 2 N–H and O–H groups in total. The van der Waals surface area contributed by atoms with E-state index in [1.54, 1.807) is 6.07 Å². The van der Waals surface area contributed by atoms with E-state index in [-0.39, 0.29) is 30.2 Å². The van der Waals surface area contributed by atoms with Crippen LogP contribution in [0, 0.1) is 5.82 Å². The summed E-state index contributed by atoms with van der Waals surface area (Å²) in [5.41, 5.74) is 3.18. The smallest absolute Gasteiger partial charge is 0.226 e. The van der Waals surface area contributed by atoms with E-state index >= 15 is 0 Å². The van der Waals surface area contributed by atoms with Gasteiger partial charge in [-0.1, -0.05) is 30.3 Å². The molecule has 0 aromatic heterocycles. The van der Waals surface area contributed by atoms with E-state index in [1.165, 1.54) is 17.7 Å². The van der Waals surface area contributed by atoms with E-state index in [0.717, 1.165) is 63.4 Å². The van der Waals surface area contributed by atoms with Crippen LogP contribution >= 0.6 is 12.4 Å². The summed E-state index contributed by atoms with van der Waals surface area (Å²) in [6.45, 7) is 7.87. The maximum absolute atomic E-state index is 13.4. The van der Waals surface area contributed by atoms with Gasteiger partial charge < -0.3 is 15.5 Å². The number of rotatable bonds is 6. The van der Waals surface area contributed by atoms with Gasteiger partial charge in [0.05, 0.1) is 6.42 Å². The Morgan fingerprint density at radius 1 is 1.09 bits per heavy atom. The SMILES string of the molecule is CC1CN(Cc2ccc(CC(=O)N3CCC(Nc4cccc(F)c4)CC3)cc2)CCN1.Cl. The molecular weight excluding hydrogens is 427 g/mol. The fourth-order valence-corrected chi connectivity index (χ4v) is 4.55. The number of anilines is 1. The highest BCUT2D eigenvalue weighted by Gasteiger charge is 2.23. The van der Waals surface area contributed by atoms with Gasteiger partial charge in [0, 0.05) is 57.0 Å². The third kappa shape index (κ3) is 6.92. The molecule has 0 aliphatic carbocycles. The molecule has 0 bridgehead atoms. The van der Waals surface area contributed by atoms with Gasteiger partial charge in [-0.05, 0) is 49.1 Å². The van der Waals surface area contributed by atoms with Gasteiger partial charge >= 0.3 is 0 Å². The monoisotopic (exact) mass is 460 g/mol. The standard InChI is InChI=1S/C25H33FN4O.ClH/c1-19-17-29(14-11-27-19)18-21-7-5-20(6-8-21)15-25(31)30-12-9-23(10-13-30)28-24-4-2-3-22(26)16-24;/h2-8,16,19,23,27-28H,9-15,17-18H2,1H3;1H. The molecule has 2 fully saturated rings. The molecular formula is C25H34ClFN4O. The zero-order chi connectivity index (χ0) is 21.6. The number of halogens is 2. The van der Waals surface area contributed by atoms with Crippen LogP contribution in [0.2, 0.25) is 0 Å². The van der Waals surface area contributed by atoms with Crippen LogP contribution in [0.1, 0.15) is 30.9 Å². The Balaban J connectivity index is 0.00000289. The molecule has 2 heterocycles. The summed E-state index contributed by atoms with van der Waals surface area (Å²) in [6.07, 6.45) is 2.21. The predicted octanol–water partition coefficient (Wildman–Crippen LogP) is 3.69. The lowest BCUT2D eigenvalue weighted by Gasteiger charge is -2.33. The minimum absolute atomic E-state index is 0. The molecule has 174 valence electrons. The highest BCUT2D eigenvalue weighted by atomic mass is 35.5. The molecule has 7 heteroatoms. The average molecular weight is 461 g/mol. The van der Waals surface area contributed by atoms with Crippen molar-refractivity contribution in [1.29, 1.82) is 0 Å². The second-order valence-electron chi connectivity index (χ2n) is 8.89. The first kappa shape index (κ1) is 24.5.